The van der Waals surface area contributed by atoms with Crippen molar-refractivity contribution in [2.45, 2.75) is 39.1 Å². The summed E-state index contributed by atoms with van der Waals surface area (Å²) < 4.78 is 13.6. The first-order valence-corrected chi connectivity index (χ1v) is 13.7. The molecule has 0 atom stereocenters. The van der Waals surface area contributed by atoms with Gasteiger partial charge < -0.3 is 14.8 Å². The summed E-state index contributed by atoms with van der Waals surface area (Å²) in [4.78, 5) is 17.1. The molecule has 0 aliphatic rings. The highest BCUT2D eigenvalue weighted by Crippen LogP contribution is 2.29. The predicted molar refractivity (Wildman–Crippen MR) is 149 cm³/mol. The van der Waals surface area contributed by atoms with Crippen LogP contribution in [0.1, 0.15) is 23.9 Å². The fraction of sp³-hybridized carbons (Fsp3) is 0.259. The summed E-state index contributed by atoms with van der Waals surface area (Å²) in [5, 5.41) is 14.5. The highest BCUT2D eigenvalue weighted by molar-refractivity contribution is 7.99. The Hall–Kier alpha value is -3.63. The Labute approximate surface area is 224 Å². The highest BCUT2D eigenvalue weighted by Gasteiger charge is 2.16. The van der Waals surface area contributed by atoms with E-state index >= 15 is 0 Å². The van der Waals surface area contributed by atoms with Crippen molar-refractivity contribution in [2.24, 2.45) is 0 Å². The van der Waals surface area contributed by atoms with Crippen molar-refractivity contribution in [3.8, 4) is 22.8 Å². The summed E-state index contributed by atoms with van der Waals surface area (Å²) in [6.45, 7) is 11.1. The van der Waals surface area contributed by atoms with E-state index in [2.05, 4.69) is 27.1 Å². The van der Waals surface area contributed by atoms with Crippen molar-refractivity contribution in [3.63, 3.8) is 0 Å². The standard InChI is InChI=1S/C27H29N5O3S2/c1-5-13-32-24(15-35-22-12-9-19(4)14-23(22)34-6-2)30-31-27(32)37-17-25(33)29-26-28-21(16-36-26)20-10-7-18(3)8-11-20/h5,7-12,14,16H,1,6,13,15,17H2,2-4H3,(H,28,29,33). The lowest BCUT2D eigenvalue weighted by molar-refractivity contribution is -0.113. The Morgan fingerprint density at radius 2 is 1.89 bits per heavy atom. The lowest BCUT2D eigenvalue weighted by Gasteiger charge is -2.13. The van der Waals surface area contributed by atoms with Gasteiger partial charge in [-0.05, 0) is 38.5 Å². The molecular weight excluding hydrogens is 506 g/mol. The van der Waals surface area contributed by atoms with Gasteiger partial charge >= 0.3 is 0 Å². The van der Waals surface area contributed by atoms with Gasteiger partial charge in [-0.25, -0.2) is 4.98 Å². The van der Waals surface area contributed by atoms with Gasteiger partial charge in [0.05, 0.1) is 18.1 Å². The van der Waals surface area contributed by atoms with Crippen LogP contribution >= 0.6 is 23.1 Å². The van der Waals surface area contributed by atoms with Gasteiger partial charge in [0.25, 0.3) is 0 Å². The minimum atomic E-state index is -0.165. The third-order valence-corrected chi connectivity index (χ3v) is 7.02. The molecule has 0 saturated carbocycles. The molecule has 0 fully saturated rings. The number of anilines is 1. The second-order valence-corrected chi connectivity index (χ2v) is 10.0. The molecule has 0 spiro atoms. The van der Waals surface area contributed by atoms with Gasteiger partial charge in [-0.3, -0.25) is 9.36 Å². The fourth-order valence-corrected chi connectivity index (χ4v) is 4.97. The second-order valence-electron chi connectivity index (χ2n) is 8.21. The molecule has 2 aromatic heterocycles. The van der Waals surface area contributed by atoms with E-state index in [1.54, 1.807) is 6.08 Å². The molecule has 10 heteroatoms. The zero-order chi connectivity index (χ0) is 26.2. The molecule has 0 bridgehead atoms. The van der Waals surface area contributed by atoms with Gasteiger partial charge in [-0.2, -0.15) is 0 Å². The molecule has 0 unspecified atom stereocenters. The van der Waals surface area contributed by atoms with E-state index in [9.17, 15) is 4.79 Å². The van der Waals surface area contributed by atoms with Crippen LogP contribution in [0.5, 0.6) is 11.5 Å². The lowest BCUT2D eigenvalue weighted by atomic mass is 10.1. The maximum Gasteiger partial charge on any atom is 0.236 e. The minimum absolute atomic E-state index is 0.165. The first-order valence-electron chi connectivity index (χ1n) is 11.8. The van der Waals surface area contributed by atoms with E-state index in [-0.39, 0.29) is 18.3 Å². The van der Waals surface area contributed by atoms with Crippen LogP contribution in [0.4, 0.5) is 5.13 Å². The first kappa shape index (κ1) is 26.4. The molecule has 2 aromatic carbocycles. The number of thiazole rings is 1. The molecule has 192 valence electrons. The number of benzene rings is 2. The first-order chi connectivity index (χ1) is 18.0. The van der Waals surface area contributed by atoms with Gasteiger partial charge in [0.15, 0.2) is 27.6 Å². The van der Waals surface area contributed by atoms with Crippen molar-refractivity contribution in [1.82, 2.24) is 19.7 Å². The maximum atomic E-state index is 12.6. The van der Waals surface area contributed by atoms with E-state index in [4.69, 9.17) is 9.47 Å². The Bertz CT molecular complexity index is 1360. The zero-order valence-electron chi connectivity index (χ0n) is 21.1. The van der Waals surface area contributed by atoms with Crippen LogP contribution in [0.2, 0.25) is 0 Å². The SMILES string of the molecule is C=CCn1c(COc2ccc(C)cc2OCC)nnc1SCC(=O)Nc1nc(-c2ccc(C)cc2)cs1. The highest BCUT2D eigenvalue weighted by atomic mass is 32.2. The number of carbonyl (C=O) groups is 1. The number of aromatic nitrogens is 4. The van der Waals surface area contributed by atoms with Crippen molar-refractivity contribution in [1.29, 1.82) is 0 Å². The normalized spacial score (nSPS) is 10.8. The molecule has 1 amide bonds. The van der Waals surface area contributed by atoms with E-state index in [1.807, 2.05) is 73.2 Å². The number of amides is 1. The van der Waals surface area contributed by atoms with E-state index in [1.165, 1.54) is 28.7 Å². The smallest absolute Gasteiger partial charge is 0.236 e. The number of carbonyl (C=O) groups excluding carboxylic acids is 1. The number of thioether (sulfide) groups is 1. The molecule has 0 saturated heterocycles. The monoisotopic (exact) mass is 535 g/mol. The molecule has 1 N–H and O–H groups in total. The van der Waals surface area contributed by atoms with Gasteiger partial charge in [0.1, 0.15) is 6.61 Å². The Morgan fingerprint density at radius 3 is 2.65 bits per heavy atom. The van der Waals surface area contributed by atoms with E-state index in [0.717, 1.165) is 16.8 Å². The van der Waals surface area contributed by atoms with Crippen LogP contribution in [-0.4, -0.2) is 38.0 Å². The summed E-state index contributed by atoms with van der Waals surface area (Å²) in [5.74, 6) is 1.97. The van der Waals surface area contributed by atoms with E-state index in [0.29, 0.717) is 40.8 Å². The number of allylic oxidation sites excluding steroid dienone is 1. The molecule has 4 aromatic rings. The molecule has 8 nitrogen and oxygen atoms in total. The average molecular weight is 536 g/mol. The van der Waals surface area contributed by atoms with Crippen LogP contribution in [0.25, 0.3) is 11.3 Å². The van der Waals surface area contributed by atoms with Crippen molar-refractivity contribution in [3.05, 3.63) is 77.5 Å². The molecular formula is C27H29N5O3S2. The van der Waals surface area contributed by atoms with Crippen LogP contribution in [0, 0.1) is 13.8 Å². The van der Waals surface area contributed by atoms with Gasteiger partial charge in [0.2, 0.25) is 5.91 Å². The van der Waals surface area contributed by atoms with Crippen molar-refractivity contribution in [2.75, 3.05) is 17.7 Å². The molecule has 0 radical (unpaired) electrons. The number of ether oxygens (including phenoxy) is 2. The number of nitrogens with one attached hydrogen (secondary N) is 1. The van der Waals surface area contributed by atoms with Gasteiger partial charge in [-0.15, -0.1) is 28.1 Å². The van der Waals surface area contributed by atoms with Crippen LogP contribution in [0.3, 0.4) is 0 Å². The predicted octanol–water partition coefficient (Wildman–Crippen LogP) is 5.91. The topological polar surface area (TPSA) is 91.2 Å². The summed E-state index contributed by atoms with van der Waals surface area (Å²) in [5.41, 5.74) is 4.13. The second kappa shape index (κ2) is 12.6. The zero-order valence-corrected chi connectivity index (χ0v) is 22.7. The van der Waals surface area contributed by atoms with Crippen LogP contribution in [-0.2, 0) is 17.9 Å². The Morgan fingerprint density at radius 1 is 1.11 bits per heavy atom. The van der Waals surface area contributed by atoms with Crippen molar-refractivity contribution < 1.29 is 14.3 Å². The number of rotatable bonds is 12. The summed E-state index contributed by atoms with van der Waals surface area (Å²) in [7, 11) is 0. The molecule has 0 aliphatic heterocycles. The fourth-order valence-electron chi connectivity index (χ4n) is 3.46. The van der Waals surface area contributed by atoms with Gasteiger partial charge in [-0.1, -0.05) is 53.7 Å². The maximum absolute atomic E-state index is 12.6. The molecule has 0 aliphatic carbocycles. The minimum Gasteiger partial charge on any atom is -0.490 e. The van der Waals surface area contributed by atoms with E-state index < -0.39 is 0 Å². The third-order valence-electron chi connectivity index (χ3n) is 5.29. The number of hydrogen-bond acceptors (Lipinski definition) is 8. The van der Waals surface area contributed by atoms with Crippen LogP contribution < -0.4 is 14.8 Å². The average Bonchev–Trinajstić information content (AvgIpc) is 3.50. The molecule has 4 rings (SSSR count). The number of aryl methyl sites for hydroxylation is 2. The van der Waals surface area contributed by atoms with Crippen LogP contribution in [0.15, 0.2) is 65.7 Å². The summed E-state index contributed by atoms with van der Waals surface area (Å²) in [6.07, 6.45) is 1.76. The summed E-state index contributed by atoms with van der Waals surface area (Å²) in [6, 6.07) is 13.9. The number of nitrogens with zero attached hydrogens (tertiary/aromatic N) is 4. The summed E-state index contributed by atoms with van der Waals surface area (Å²) >= 11 is 2.70. The van der Waals surface area contributed by atoms with Gasteiger partial charge in [0, 0.05) is 17.5 Å². The molecule has 37 heavy (non-hydrogen) atoms. The lowest BCUT2D eigenvalue weighted by Crippen LogP contribution is -2.15. The third kappa shape index (κ3) is 6.99. The van der Waals surface area contributed by atoms with Crippen molar-refractivity contribution >= 4 is 34.1 Å². The quantitative estimate of drug-likeness (QED) is 0.178. The Kier molecular flexibility index (Phi) is 8.97. The largest absolute Gasteiger partial charge is 0.490 e. The Balaban J connectivity index is 1.36. The molecule has 2 heterocycles. The number of hydrogen-bond donors (Lipinski definition) is 1.